The molecule has 1 unspecified atom stereocenters. The Bertz CT molecular complexity index is 806. The molecule has 0 spiro atoms. The van der Waals surface area contributed by atoms with Gasteiger partial charge in [-0.15, -0.1) is 0 Å². The van der Waals surface area contributed by atoms with Crippen molar-refractivity contribution in [3.63, 3.8) is 0 Å². The second-order valence-electron chi connectivity index (χ2n) is 5.20. The van der Waals surface area contributed by atoms with Gasteiger partial charge in [0.2, 0.25) is 0 Å². The predicted octanol–water partition coefficient (Wildman–Crippen LogP) is 3.70. The lowest BCUT2D eigenvalue weighted by atomic mass is 10.0. The van der Waals surface area contributed by atoms with Crippen LogP contribution in [0.15, 0.2) is 48.5 Å². The lowest BCUT2D eigenvalue weighted by Gasteiger charge is -2.13. The minimum absolute atomic E-state index is 0.0358. The maximum atomic E-state index is 5.91. The summed E-state index contributed by atoms with van der Waals surface area (Å²) in [7, 11) is 0. The molecule has 3 nitrogen and oxygen atoms in total. The van der Waals surface area contributed by atoms with E-state index >= 15 is 0 Å². The Morgan fingerprint density at radius 2 is 1.86 bits per heavy atom. The van der Waals surface area contributed by atoms with Crippen LogP contribution in [0.2, 0.25) is 0 Å². The molecule has 0 fully saturated rings. The van der Waals surface area contributed by atoms with Gasteiger partial charge in [-0.1, -0.05) is 55.5 Å². The van der Waals surface area contributed by atoms with E-state index in [1.54, 1.807) is 0 Å². The molecular formula is C17H17N3S. The van der Waals surface area contributed by atoms with Gasteiger partial charge in [-0.2, -0.15) is 0 Å². The van der Waals surface area contributed by atoms with E-state index in [4.69, 9.17) is 22.9 Å². The third kappa shape index (κ3) is 2.32. The first-order valence-electron chi connectivity index (χ1n) is 6.92. The molecule has 21 heavy (non-hydrogen) atoms. The van der Waals surface area contributed by atoms with E-state index in [0.29, 0.717) is 4.99 Å². The number of benzene rings is 1. The highest BCUT2D eigenvalue weighted by atomic mass is 32.1. The Hall–Kier alpha value is -2.20. The molecule has 3 aromatic rings. The zero-order chi connectivity index (χ0) is 15.0. The van der Waals surface area contributed by atoms with Crippen LogP contribution in [-0.2, 0) is 0 Å². The fourth-order valence-corrected chi connectivity index (χ4v) is 2.74. The highest BCUT2D eigenvalue weighted by Crippen LogP contribution is 2.31. The summed E-state index contributed by atoms with van der Waals surface area (Å²) >= 11 is 5.22. The van der Waals surface area contributed by atoms with E-state index in [9.17, 15) is 0 Å². The third-order valence-corrected chi connectivity index (χ3v) is 4.11. The van der Waals surface area contributed by atoms with Crippen molar-refractivity contribution in [3.05, 3.63) is 59.9 Å². The monoisotopic (exact) mass is 295 g/mol. The van der Waals surface area contributed by atoms with Crippen LogP contribution in [0.25, 0.3) is 16.9 Å². The molecule has 4 heteroatoms. The number of rotatable bonds is 3. The molecule has 106 valence electrons. The zero-order valence-electron chi connectivity index (χ0n) is 12.1. The number of nitrogens with two attached hydrogens (primary N) is 1. The lowest BCUT2D eigenvalue weighted by molar-refractivity contribution is 0.908. The number of aromatic nitrogens is 2. The van der Waals surface area contributed by atoms with Crippen molar-refractivity contribution in [1.29, 1.82) is 0 Å². The first-order valence-corrected chi connectivity index (χ1v) is 7.33. The molecule has 2 aromatic heterocycles. The van der Waals surface area contributed by atoms with E-state index < -0.39 is 0 Å². The van der Waals surface area contributed by atoms with E-state index in [-0.39, 0.29) is 5.92 Å². The van der Waals surface area contributed by atoms with E-state index in [1.807, 2.05) is 37.3 Å². The number of hydrogen-bond acceptors (Lipinski definition) is 2. The molecule has 0 bridgehead atoms. The average molecular weight is 295 g/mol. The van der Waals surface area contributed by atoms with Gasteiger partial charge in [-0.25, -0.2) is 4.98 Å². The maximum absolute atomic E-state index is 5.91. The first kappa shape index (κ1) is 13.8. The van der Waals surface area contributed by atoms with Gasteiger partial charge in [0.05, 0.1) is 16.4 Å². The molecule has 2 N–H and O–H groups in total. The lowest BCUT2D eigenvalue weighted by Crippen LogP contribution is -2.19. The van der Waals surface area contributed by atoms with Crippen molar-refractivity contribution >= 4 is 22.9 Å². The average Bonchev–Trinajstić information content (AvgIpc) is 2.88. The van der Waals surface area contributed by atoms with Crippen LogP contribution in [0.4, 0.5) is 0 Å². The number of fused-ring (bicyclic) bond motifs is 1. The van der Waals surface area contributed by atoms with E-state index in [1.165, 1.54) is 0 Å². The quantitative estimate of drug-likeness (QED) is 0.749. The number of pyridine rings is 1. The van der Waals surface area contributed by atoms with Crippen LogP contribution in [0.1, 0.15) is 24.2 Å². The van der Waals surface area contributed by atoms with Crippen molar-refractivity contribution in [3.8, 4) is 11.3 Å². The largest absolute Gasteiger partial charge is 0.393 e. The molecule has 3 rings (SSSR count). The van der Waals surface area contributed by atoms with E-state index in [0.717, 1.165) is 28.3 Å². The molecule has 0 amide bonds. The maximum Gasteiger partial charge on any atom is 0.137 e. The smallest absolute Gasteiger partial charge is 0.137 e. The molecule has 0 radical (unpaired) electrons. The number of imidazole rings is 1. The molecule has 0 saturated carbocycles. The van der Waals surface area contributed by atoms with Crippen molar-refractivity contribution in [2.24, 2.45) is 5.73 Å². The summed E-state index contributed by atoms with van der Waals surface area (Å²) in [4.78, 5) is 5.28. The van der Waals surface area contributed by atoms with Crippen molar-refractivity contribution in [2.45, 2.75) is 19.8 Å². The minimum Gasteiger partial charge on any atom is -0.393 e. The van der Waals surface area contributed by atoms with Gasteiger partial charge in [-0.05, 0) is 19.1 Å². The van der Waals surface area contributed by atoms with Crippen LogP contribution < -0.4 is 5.73 Å². The van der Waals surface area contributed by atoms with Gasteiger partial charge in [0.15, 0.2) is 0 Å². The predicted molar refractivity (Wildman–Crippen MR) is 90.6 cm³/mol. The van der Waals surface area contributed by atoms with Crippen molar-refractivity contribution < 1.29 is 0 Å². The first-order chi connectivity index (χ1) is 10.1. The topological polar surface area (TPSA) is 43.3 Å². The summed E-state index contributed by atoms with van der Waals surface area (Å²) in [5.74, 6) is -0.0358. The van der Waals surface area contributed by atoms with Gasteiger partial charge < -0.3 is 5.73 Å². The second kappa shape index (κ2) is 5.30. The molecule has 0 aliphatic heterocycles. The van der Waals surface area contributed by atoms with Crippen LogP contribution in [-0.4, -0.2) is 14.4 Å². The Kier molecular flexibility index (Phi) is 3.47. The minimum atomic E-state index is -0.0358. The van der Waals surface area contributed by atoms with Gasteiger partial charge in [0, 0.05) is 17.2 Å². The fraction of sp³-hybridized carbons (Fsp3) is 0.176. The highest BCUT2D eigenvalue weighted by Gasteiger charge is 2.21. The molecule has 0 aliphatic carbocycles. The molecular weight excluding hydrogens is 278 g/mol. The SMILES string of the molecule is Cc1cccc2nc(-c3ccccc3)c(C(C)C(N)=S)n12. The normalized spacial score (nSPS) is 12.5. The van der Waals surface area contributed by atoms with Gasteiger partial charge in [0.25, 0.3) is 0 Å². The summed E-state index contributed by atoms with van der Waals surface area (Å²) < 4.78 is 2.14. The Labute approximate surface area is 129 Å². The third-order valence-electron chi connectivity index (χ3n) is 3.76. The summed E-state index contributed by atoms with van der Waals surface area (Å²) in [6.07, 6.45) is 0. The Morgan fingerprint density at radius 1 is 1.14 bits per heavy atom. The molecule has 0 aliphatic rings. The van der Waals surface area contributed by atoms with Crippen LogP contribution >= 0.6 is 12.2 Å². The van der Waals surface area contributed by atoms with Gasteiger partial charge in [-0.3, -0.25) is 4.40 Å². The number of hydrogen-bond donors (Lipinski definition) is 1. The van der Waals surface area contributed by atoms with Gasteiger partial charge >= 0.3 is 0 Å². The van der Waals surface area contributed by atoms with Crippen LogP contribution in [0.5, 0.6) is 0 Å². The summed E-state index contributed by atoms with van der Waals surface area (Å²) in [5, 5.41) is 0. The summed E-state index contributed by atoms with van der Waals surface area (Å²) in [5.41, 5.74) is 11.0. The number of nitrogens with zero attached hydrogens (tertiary/aromatic N) is 2. The molecule has 0 saturated heterocycles. The van der Waals surface area contributed by atoms with Gasteiger partial charge in [0.1, 0.15) is 5.65 Å². The molecule has 1 aromatic carbocycles. The second-order valence-corrected chi connectivity index (χ2v) is 5.67. The van der Waals surface area contributed by atoms with Crippen molar-refractivity contribution in [2.75, 3.05) is 0 Å². The zero-order valence-corrected chi connectivity index (χ0v) is 12.9. The number of aryl methyl sites for hydroxylation is 1. The summed E-state index contributed by atoms with van der Waals surface area (Å²) in [6, 6.07) is 16.2. The van der Waals surface area contributed by atoms with Crippen molar-refractivity contribution in [1.82, 2.24) is 9.38 Å². The number of thiocarbonyl (C=S) groups is 1. The van der Waals surface area contributed by atoms with E-state index in [2.05, 4.69) is 29.5 Å². The van der Waals surface area contributed by atoms with Crippen LogP contribution in [0, 0.1) is 6.92 Å². The fourth-order valence-electron chi connectivity index (χ4n) is 2.62. The summed E-state index contributed by atoms with van der Waals surface area (Å²) in [6.45, 7) is 4.10. The van der Waals surface area contributed by atoms with Crippen LogP contribution in [0.3, 0.4) is 0 Å². The standard InChI is InChI=1S/C17H17N3S/c1-11-7-6-10-14-19-15(13-8-4-3-5-9-13)16(20(11)14)12(2)17(18)21/h3-10,12H,1-2H3,(H2,18,21). The Morgan fingerprint density at radius 3 is 2.52 bits per heavy atom. The molecule has 2 heterocycles. The highest BCUT2D eigenvalue weighted by molar-refractivity contribution is 7.80. The Balaban J connectivity index is 2.37. The molecule has 1 atom stereocenters.